The highest BCUT2D eigenvalue weighted by Gasteiger charge is 2.30. The zero-order valence-electron chi connectivity index (χ0n) is 18.5. The molecule has 166 valence electrons. The third-order valence-corrected chi connectivity index (χ3v) is 5.70. The zero-order chi connectivity index (χ0) is 22.0. The fraction of sp³-hybridized carbons (Fsp3) is 0.500. The molecule has 0 bridgehead atoms. The fourth-order valence-corrected chi connectivity index (χ4v) is 4.22. The minimum atomic E-state index is -0.527. The zero-order valence-corrected chi connectivity index (χ0v) is 18.5. The Balaban J connectivity index is 1.76. The molecule has 9 heteroatoms. The van der Waals surface area contributed by atoms with Gasteiger partial charge in [0.2, 0.25) is 5.95 Å². The van der Waals surface area contributed by atoms with Gasteiger partial charge >= 0.3 is 0 Å². The second-order valence-electron chi connectivity index (χ2n) is 8.09. The van der Waals surface area contributed by atoms with Gasteiger partial charge in [0.05, 0.1) is 19.8 Å². The SMILES string of the molecule is CNC(=O)C1CN(c2nnc(-c3cn(C)c4ccccc34)n2CC(C)COC)CCO1. The lowest BCUT2D eigenvalue weighted by molar-refractivity contribution is -0.132. The van der Waals surface area contributed by atoms with E-state index in [4.69, 9.17) is 9.47 Å². The minimum Gasteiger partial charge on any atom is -0.384 e. The van der Waals surface area contributed by atoms with E-state index in [9.17, 15) is 4.79 Å². The number of rotatable bonds is 7. The molecule has 0 aliphatic carbocycles. The summed E-state index contributed by atoms with van der Waals surface area (Å²) in [5.74, 6) is 1.71. The monoisotopic (exact) mass is 426 g/mol. The average Bonchev–Trinajstić information content (AvgIpc) is 3.34. The summed E-state index contributed by atoms with van der Waals surface area (Å²) in [7, 11) is 5.38. The van der Waals surface area contributed by atoms with E-state index in [0.29, 0.717) is 32.8 Å². The molecular weight excluding hydrogens is 396 g/mol. The number of nitrogens with zero attached hydrogens (tertiary/aromatic N) is 5. The molecule has 31 heavy (non-hydrogen) atoms. The van der Waals surface area contributed by atoms with Gasteiger partial charge in [0.15, 0.2) is 11.9 Å². The molecule has 1 amide bonds. The van der Waals surface area contributed by atoms with Crippen molar-refractivity contribution in [1.29, 1.82) is 0 Å². The van der Waals surface area contributed by atoms with Crippen molar-refractivity contribution in [3.05, 3.63) is 30.5 Å². The molecule has 1 N–H and O–H groups in total. The predicted molar refractivity (Wildman–Crippen MR) is 119 cm³/mol. The van der Waals surface area contributed by atoms with E-state index in [1.807, 2.05) is 19.2 Å². The summed E-state index contributed by atoms with van der Waals surface area (Å²) >= 11 is 0. The second-order valence-corrected chi connectivity index (χ2v) is 8.09. The molecule has 0 spiro atoms. The lowest BCUT2D eigenvalue weighted by Gasteiger charge is -2.33. The number of para-hydroxylation sites is 1. The van der Waals surface area contributed by atoms with Crippen LogP contribution in [0.25, 0.3) is 22.3 Å². The van der Waals surface area contributed by atoms with Gasteiger partial charge in [-0.3, -0.25) is 9.36 Å². The van der Waals surface area contributed by atoms with Gasteiger partial charge in [0.1, 0.15) is 0 Å². The molecular formula is C22H30N6O3. The first-order valence-corrected chi connectivity index (χ1v) is 10.6. The Morgan fingerprint density at radius 2 is 2.16 bits per heavy atom. The Kier molecular flexibility index (Phi) is 6.24. The highest BCUT2D eigenvalue weighted by atomic mass is 16.5. The number of fused-ring (bicyclic) bond motifs is 1. The lowest BCUT2D eigenvalue weighted by Crippen LogP contribution is -2.50. The third kappa shape index (κ3) is 4.15. The van der Waals surface area contributed by atoms with Gasteiger partial charge in [-0.15, -0.1) is 10.2 Å². The van der Waals surface area contributed by atoms with Crippen molar-refractivity contribution in [2.24, 2.45) is 13.0 Å². The fourth-order valence-electron chi connectivity index (χ4n) is 4.22. The number of benzene rings is 1. The first-order chi connectivity index (χ1) is 15.0. The third-order valence-electron chi connectivity index (χ3n) is 5.70. The van der Waals surface area contributed by atoms with Gasteiger partial charge in [-0.1, -0.05) is 25.1 Å². The van der Waals surface area contributed by atoms with Crippen LogP contribution in [-0.4, -0.2) is 71.8 Å². The molecule has 1 aliphatic heterocycles. The van der Waals surface area contributed by atoms with Crippen molar-refractivity contribution in [3.63, 3.8) is 0 Å². The number of hydrogen-bond acceptors (Lipinski definition) is 6. The summed E-state index contributed by atoms with van der Waals surface area (Å²) in [5.41, 5.74) is 2.18. The van der Waals surface area contributed by atoms with Crippen LogP contribution < -0.4 is 10.2 Å². The molecule has 1 saturated heterocycles. The number of nitrogens with one attached hydrogen (secondary N) is 1. The van der Waals surface area contributed by atoms with E-state index in [1.165, 1.54) is 0 Å². The summed E-state index contributed by atoms with van der Waals surface area (Å²) in [5, 5.41) is 13.0. The number of anilines is 1. The van der Waals surface area contributed by atoms with Crippen LogP contribution >= 0.6 is 0 Å². The van der Waals surface area contributed by atoms with E-state index in [2.05, 4.69) is 54.8 Å². The molecule has 1 aliphatic rings. The van der Waals surface area contributed by atoms with Gasteiger partial charge in [-0.05, 0) is 12.0 Å². The number of amides is 1. The number of carbonyl (C=O) groups excluding carboxylic acids is 1. The van der Waals surface area contributed by atoms with Gasteiger partial charge < -0.3 is 24.3 Å². The first kappa shape index (κ1) is 21.3. The highest BCUT2D eigenvalue weighted by Crippen LogP contribution is 2.32. The Morgan fingerprint density at radius 3 is 2.94 bits per heavy atom. The van der Waals surface area contributed by atoms with E-state index in [1.54, 1.807) is 14.2 Å². The van der Waals surface area contributed by atoms with E-state index in [0.717, 1.165) is 28.2 Å². The molecule has 1 fully saturated rings. The summed E-state index contributed by atoms with van der Waals surface area (Å²) in [6.07, 6.45) is 1.57. The maximum Gasteiger partial charge on any atom is 0.250 e. The lowest BCUT2D eigenvalue weighted by atomic mass is 10.1. The molecule has 1 aromatic carbocycles. The Hall–Kier alpha value is -2.91. The number of morpholine rings is 1. The van der Waals surface area contributed by atoms with E-state index in [-0.39, 0.29) is 11.8 Å². The molecule has 3 heterocycles. The van der Waals surface area contributed by atoms with Crippen molar-refractivity contribution in [3.8, 4) is 11.4 Å². The molecule has 2 unspecified atom stereocenters. The van der Waals surface area contributed by atoms with Gasteiger partial charge in [-0.2, -0.15) is 0 Å². The maximum absolute atomic E-state index is 12.1. The molecule has 2 atom stereocenters. The standard InChI is InChI=1S/C22H30N6O3/c1-15(14-30-4)11-28-20(17-12-26(3)18-8-6-5-7-16(17)18)24-25-22(28)27-9-10-31-19(13-27)21(29)23-2/h5-8,12,15,19H,9-11,13-14H2,1-4H3,(H,23,29). The number of aryl methyl sites for hydroxylation is 1. The normalized spacial score (nSPS) is 17.8. The molecule has 3 aromatic rings. The van der Waals surface area contributed by atoms with Crippen molar-refractivity contribution >= 4 is 22.8 Å². The van der Waals surface area contributed by atoms with Crippen LogP contribution in [0.2, 0.25) is 0 Å². The van der Waals surface area contributed by atoms with Crippen molar-refractivity contribution in [2.45, 2.75) is 19.6 Å². The second kappa shape index (κ2) is 9.07. The molecule has 0 radical (unpaired) electrons. The quantitative estimate of drug-likeness (QED) is 0.619. The number of hydrogen-bond donors (Lipinski definition) is 1. The summed E-state index contributed by atoms with van der Waals surface area (Å²) < 4.78 is 15.3. The van der Waals surface area contributed by atoms with Crippen LogP contribution in [0.3, 0.4) is 0 Å². The molecule has 2 aromatic heterocycles. The molecule has 0 saturated carbocycles. The van der Waals surface area contributed by atoms with Crippen LogP contribution in [-0.2, 0) is 27.9 Å². The van der Waals surface area contributed by atoms with Gasteiger partial charge in [-0.25, -0.2) is 0 Å². The van der Waals surface area contributed by atoms with E-state index < -0.39 is 6.10 Å². The van der Waals surface area contributed by atoms with Crippen molar-refractivity contribution in [2.75, 3.05) is 45.4 Å². The summed E-state index contributed by atoms with van der Waals surface area (Å²) in [4.78, 5) is 14.2. The van der Waals surface area contributed by atoms with E-state index >= 15 is 0 Å². The average molecular weight is 427 g/mol. The molecule has 4 rings (SSSR count). The predicted octanol–water partition coefficient (Wildman–Crippen LogP) is 1.67. The highest BCUT2D eigenvalue weighted by molar-refractivity contribution is 5.94. The number of ether oxygens (including phenoxy) is 2. The van der Waals surface area contributed by atoms with Crippen molar-refractivity contribution < 1.29 is 14.3 Å². The van der Waals surface area contributed by atoms with Crippen LogP contribution in [0.4, 0.5) is 5.95 Å². The Labute approximate surface area is 181 Å². The van der Waals surface area contributed by atoms with Crippen LogP contribution in [0, 0.1) is 5.92 Å². The van der Waals surface area contributed by atoms with Crippen LogP contribution in [0.15, 0.2) is 30.5 Å². The smallest absolute Gasteiger partial charge is 0.250 e. The maximum atomic E-state index is 12.1. The minimum absolute atomic E-state index is 0.127. The number of methoxy groups -OCH3 is 1. The largest absolute Gasteiger partial charge is 0.384 e. The number of carbonyl (C=O) groups is 1. The van der Waals surface area contributed by atoms with Gasteiger partial charge in [0, 0.05) is 57.0 Å². The number of likely N-dealkylation sites (N-methyl/N-ethyl adjacent to an activating group) is 1. The number of aromatic nitrogens is 4. The Bertz CT molecular complexity index is 1060. The first-order valence-electron chi connectivity index (χ1n) is 10.6. The van der Waals surface area contributed by atoms with Crippen molar-refractivity contribution in [1.82, 2.24) is 24.6 Å². The summed E-state index contributed by atoms with van der Waals surface area (Å²) in [6.45, 7) is 5.04. The van der Waals surface area contributed by atoms with Crippen LogP contribution in [0.5, 0.6) is 0 Å². The Morgan fingerprint density at radius 1 is 1.35 bits per heavy atom. The topological polar surface area (TPSA) is 86.4 Å². The van der Waals surface area contributed by atoms with Crippen LogP contribution in [0.1, 0.15) is 6.92 Å². The van der Waals surface area contributed by atoms with Gasteiger partial charge in [0.25, 0.3) is 5.91 Å². The molecule has 9 nitrogen and oxygen atoms in total. The summed E-state index contributed by atoms with van der Waals surface area (Å²) in [6, 6.07) is 8.29.